The molecule has 112 valence electrons. The smallest absolute Gasteiger partial charge is 0.261 e. The summed E-state index contributed by atoms with van der Waals surface area (Å²) in [4.78, 5) is 12.1. The van der Waals surface area contributed by atoms with Crippen molar-refractivity contribution in [3.8, 4) is 5.75 Å². The van der Waals surface area contributed by atoms with Crippen LogP contribution in [0.5, 0.6) is 5.75 Å². The molecule has 1 aromatic carbocycles. The SMILES string of the molecule is CC(Oc1ccccc1Cl)C(=O)NC(CCO)C(C)C. The van der Waals surface area contributed by atoms with Crippen LogP contribution in [-0.4, -0.2) is 29.8 Å². The fourth-order valence-electron chi connectivity index (χ4n) is 1.80. The lowest BCUT2D eigenvalue weighted by Gasteiger charge is -2.24. The van der Waals surface area contributed by atoms with E-state index in [-0.39, 0.29) is 24.5 Å². The Morgan fingerprint density at radius 3 is 2.55 bits per heavy atom. The summed E-state index contributed by atoms with van der Waals surface area (Å²) >= 11 is 5.99. The van der Waals surface area contributed by atoms with Crippen LogP contribution in [-0.2, 0) is 4.79 Å². The van der Waals surface area contributed by atoms with Gasteiger partial charge in [0.1, 0.15) is 5.75 Å². The average Bonchev–Trinajstić information content (AvgIpc) is 2.40. The minimum absolute atomic E-state index is 0.0445. The lowest BCUT2D eigenvalue weighted by Crippen LogP contribution is -2.45. The van der Waals surface area contributed by atoms with E-state index in [1.54, 1.807) is 31.2 Å². The van der Waals surface area contributed by atoms with Crippen LogP contribution >= 0.6 is 11.6 Å². The molecule has 4 nitrogen and oxygen atoms in total. The number of amides is 1. The van der Waals surface area contributed by atoms with Crippen LogP contribution in [0, 0.1) is 5.92 Å². The molecule has 0 aromatic heterocycles. The highest BCUT2D eigenvalue weighted by molar-refractivity contribution is 6.32. The van der Waals surface area contributed by atoms with Crippen molar-refractivity contribution in [2.45, 2.75) is 39.3 Å². The van der Waals surface area contributed by atoms with Crippen molar-refractivity contribution in [3.63, 3.8) is 0 Å². The van der Waals surface area contributed by atoms with Gasteiger partial charge in [0, 0.05) is 12.6 Å². The van der Waals surface area contributed by atoms with Gasteiger partial charge in [0.15, 0.2) is 6.10 Å². The van der Waals surface area contributed by atoms with Crippen molar-refractivity contribution in [2.24, 2.45) is 5.92 Å². The molecule has 0 saturated carbocycles. The molecule has 5 heteroatoms. The Labute approximate surface area is 125 Å². The van der Waals surface area contributed by atoms with Gasteiger partial charge in [0.25, 0.3) is 5.91 Å². The van der Waals surface area contributed by atoms with E-state index in [9.17, 15) is 4.79 Å². The number of hydrogen-bond donors (Lipinski definition) is 2. The maximum absolute atomic E-state index is 12.1. The van der Waals surface area contributed by atoms with Crippen LogP contribution in [0.3, 0.4) is 0 Å². The Kier molecular flexibility index (Phi) is 6.82. The Hall–Kier alpha value is -1.26. The predicted octanol–water partition coefficient (Wildman–Crippen LogP) is 2.63. The van der Waals surface area contributed by atoms with E-state index in [1.807, 2.05) is 13.8 Å². The molecule has 0 radical (unpaired) electrons. The van der Waals surface area contributed by atoms with E-state index in [2.05, 4.69) is 5.32 Å². The summed E-state index contributed by atoms with van der Waals surface area (Å²) in [5.74, 6) is 0.524. The molecule has 0 heterocycles. The largest absolute Gasteiger partial charge is 0.479 e. The van der Waals surface area contributed by atoms with E-state index in [0.717, 1.165) is 0 Å². The third kappa shape index (κ3) is 5.02. The summed E-state index contributed by atoms with van der Waals surface area (Å²) in [5, 5.41) is 12.4. The fraction of sp³-hybridized carbons (Fsp3) is 0.533. The molecule has 0 aliphatic carbocycles. The second-order valence-corrected chi connectivity index (χ2v) is 5.47. The molecule has 2 unspecified atom stereocenters. The monoisotopic (exact) mass is 299 g/mol. The maximum atomic E-state index is 12.1. The first-order valence-electron chi connectivity index (χ1n) is 6.78. The van der Waals surface area contributed by atoms with E-state index in [0.29, 0.717) is 17.2 Å². The Morgan fingerprint density at radius 2 is 2.00 bits per heavy atom. The molecule has 1 amide bonds. The van der Waals surface area contributed by atoms with E-state index in [4.69, 9.17) is 21.4 Å². The topological polar surface area (TPSA) is 58.6 Å². The zero-order valence-electron chi connectivity index (χ0n) is 12.1. The van der Waals surface area contributed by atoms with E-state index >= 15 is 0 Å². The molecule has 0 aliphatic heterocycles. The van der Waals surface area contributed by atoms with Gasteiger partial charge in [-0.05, 0) is 31.4 Å². The number of aliphatic hydroxyl groups is 1. The second kappa shape index (κ2) is 8.12. The number of aliphatic hydroxyl groups excluding tert-OH is 1. The fourth-order valence-corrected chi connectivity index (χ4v) is 1.98. The molecular weight excluding hydrogens is 278 g/mol. The number of benzene rings is 1. The highest BCUT2D eigenvalue weighted by atomic mass is 35.5. The molecule has 0 spiro atoms. The lowest BCUT2D eigenvalue weighted by molar-refractivity contribution is -0.128. The van der Waals surface area contributed by atoms with Crippen molar-refractivity contribution in [1.29, 1.82) is 0 Å². The quantitative estimate of drug-likeness (QED) is 0.814. The van der Waals surface area contributed by atoms with Crippen molar-refractivity contribution < 1.29 is 14.6 Å². The number of carbonyl (C=O) groups is 1. The van der Waals surface area contributed by atoms with E-state index in [1.165, 1.54) is 0 Å². The van der Waals surface area contributed by atoms with Crippen molar-refractivity contribution >= 4 is 17.5 Å². The molecule has 0 fully saturated rings. The molecule has 0 saturated heterocycles. The third-order valence-corrected chi connectivity index (χ3v) is 3.39. The molecule has 20 heavy (non-hydrogen) atoms. The molecule has 0 aliphatic rings. The average molecular weight is 300 g/mol. The number of carbonyl (C=O) groups excluding carboxylic acids is 1. The number of hydrogen-bond acceptors (Lipinski definition) is 3. The summed E-state index contributed by atoms with van der Waals surface area (Å²) in [6, 6.07) is 6.97. The highest BCUT2D eigenvalue weighted by Crippen LogP contribution is 2.24. The summed E-state index contributed by atoms with van der Waals surface area (Å²) in [6.07, 6.45) is -0.114. The summed E-state index contributed by atoms with van der Waals surface area (Å²) < 4.78 is 5.56. The normalized spacial score (nSPS) is 13.9. The summed E-state index contributed by atoms with van der Waals surface area (Å²) in [5.41, 5.74) is 0. The van der Waals surface area contributed by atoms with E-state index < -0.39 is 6.10 Å². The van der Waals surface area contributed by atoms with Crippen LogP contribution in [0.4, 0.5) is 0 Å². The van der Waals surface area contributed by atoms with Gasteiger partial charge in [-0.25, -0.2) is 0 Å². The zero-order valence-corrected chi connectivity index (χ0v) is 12.9. The zero-order chi connectivity index (χ0) is 15.1. The molecular formula is C15H22ClNO3. The lowest BCUT2D eigenvalue weighted by atomic mass is 10.0. The van der Waals surface area contributed by atoms with Crippen LogP contribution in [0.25, 0.3) is 0 Å². The van der Waals surface area contributed by atoms with Crippen LogP contribution in [0.15, 0.2) is 24.3 Å². The number of ether oxygens (including phenoxy) is 1. The Morgan fingerprint density at radius 1 is 1.35 bits per heavy atom. The second-order valence-electron chi connectivity index (χ2n) is 5.06. The number of halogens is 1. The van der Waals surface area contributed by atoms with Crippen molar-refractivity contribution in [2.75, 3.05) is 6.61 Å². The molecule has 2 N–H and O–H groups in total. The Bertz CT molecular complexity index is 437. The van der Waals surface area contributed by atoms with Crippen molar-refractivity contribution in [3.05, 3.63) is 29.3 Å². The minimum atomic E-state index is -0.644. The minimum Gasteiger partial charge on any atom is -0.479 e. The van der Waals surface area contributed by atoms with Crippen molar-refractivity contribution in [1.82, 2.24) is 5.32 Å². The molecule has 1 rings (SSSR count). The number of rotatable bonds is 7. The first-order chi connectivity index (χ1) is 9.45. The maximum Gasteiger partial charge on any atom is 0.261 e. The van der Waals surface area contributed by atoms with Crippen LogP contribution in [0.2, 0.25) is 5.02 Å². The van der Waals surface area contributed by atoms with Crippen LogP contribution in [0.1, 0.15) is 27.2 Å². The summed E-state index contributed by atoms with van der Waals surface area (Å²) in [6.45, 7) is 5.72. The molecule has 0 bridgehead atoms. The number of para-hydroxylation sites is 1. The van der Waals surface area contributed by atoms with Gasteiger partial charge in [-0.15, -0.1) is 0 Å². The van der Waals surface area contributed by atoms with Crippen LogP contribution < -0.4 is 10.1 Å². The van der Waals surface area contributed by atoms with Gasteiger partial charge in [-0.1, -0.05) is 37.6 Å². The first-order valence-corrected chi connectivity index (χ1v) is 7.16. The first kappa shape index (κ1) is 16.8. The van der Waals surface area contributed by atoms with Gasteiger partial charge < -0.3 is 15.2 Å². The van der Waals surface area contributed by atoms with Gasteiger partial charge >= 0.3 is 0 Å². The van der Waals surface area contributed by atoms with Gasteiger partial charge in [0.05, 0.1) is 5.02 Å². The third-order valence-electron chi connectivity index (χ3n) is 3.08. The molecule has 1 aromatic rings. The predicted molar refractivity (Wildman–Crippen MR) is 80.0 cm³/mol. The van der Waals surface area contributed by atoms with Gasteiger partial charge in [-0.2, -0.15) is 0 Å². The van der Waals surface area contributed by atoms with Gasteiger partial charge in [-0.3, -0.25) is 4.79 Å². The standard InChI is InChI=1S/C15H22ClNO3/c1-10(2)13(8-9-18)17-15(19)11(3)20-14-7-5-4-6-12(14)16/h4-7,10-11,13,18H,8-9H2,1-3H3,(H,17,19). The Balaban J connectivity index is 2.60. The van der Waals surface area contributed by atoms with Gasteiger partial charge in [0.2, 0.25) is 0 Å². The number of nitrogens with one attached hydrogen (secondary N) is 1. The summed E-state index contributed by atoms with van der Waals surface area (Å²) in [7, 11) is 0. The highest BCUT2D eigenvalue weighted by Gasteiger charge is 2.21. The molecule has 2 atom stereocenters.